The highest BCUT2D eigenvalue weighted by atomic mass is 19.2. The number of halogens is 3. The summed E-state index contributed by atoms with van der Waals surface area (Å²) in [5, 5.41) is 2.52. The first kappa shape index (κ1) is 11.9. The summed E-state index contributed by atoms with van der Waals surface area (Å²) in [4.78, 5) is 12.9. The fourth-order valence-electron chi connectivity index (χ4n) is 1.88. The van der Waals surface area contributed by atoms with Crippen LogP contribution in [-0.4, -0.2) is 23.9 Å². The zero-order valence-corrected chi connectivity index (χ0v) is 9.14. The molecule has 1 aliphatic heterocycles. The van der Waals surface area contributed by atoms with Gasteiger partial charge in [0.1, 0.15) is 12.0 Å². The summed E-state index contributed by atoms with van der Waals surface area (Å²) in [5.41, 5.74) is -0.0587. The monoisotopic (exact) mass is 244 g/mol. The Hall–Kier alpha value is -1.56. The van der Waals surface area contributed by atoms with Gasteiger partial charge in [0, 0.05) is 11.6 Å². The molecule has 0 radical (unpaired) electrons. The van der Waals surface area contributed by atoms with E-state index in [4.69, 9.17) is 0 Å². The van der Waals surface area contributed by atoms with Crippen LogP contribution >= 0.6 is 0 Å². The molecule has 0 bridgehead atoms. The first-order valence-electron chi connectivity index (χ1n) is 5.20. The molecule has 17 heavy (non-hydrogen) atoms. The normalized spacial score (nSPS) is 20.7. The second kappa shape index (κ2) is 4.37. The molecule has 0 aliphatic carbocycles. The fraction of sp³-hybridized carbons (Fsp3) is 0.364. The highest BCUT2D eigenvalue weighted by molar-refractivity contribution is 5.80. The van der Waals surface area contributed by atoms with Crippen LogP contribution in [0.2, 0.25) is 0 Å². The lowest BCUT2D eigenvalue weighted by atomic mass is 10.1. The van der Waals surface area contributed by atoms with Crippen LogP contribution in [0.15, 0.2) is 12.1 Å². The fourth-order valence-corrected chi connectivity index (χ4v) is 1.88. The molecule has 0 saturated carbocycles. The number of amides is 1. The van der Waals surface area contributed by atoms with Crippen molar-refractivity contribution in [1.29, 1.82) is 0 Å². The Kier molecular flexibility index (Phi) is 3.06. The maximum absolute atomic E-state index is 13.5. The number of likely N-dealkylation sites (N-methyl/N-ethyl adjacent to an activating group) is 1. The smallest absolute Gasteiger partial charge is 0.235 e. The second-order valence-electron chi connectivity index (χ2n) is 3.82. The first-order valence-corrected chi connectivity index (χ1v) is 5.20. The second-order valence-corrected chi connectivity index (χ2v) is 3.82. The number of rotatable bonds is 2. The molecule has 1 amide bonds. The Balaban J connectivity index is 2.39. The van der Waals surface area contributed by atoms with E-state index in [-0.39, 0.29) is 18.0 Å². The van der Waals surface area contributed by atoms with Gasteiger partial charge in [-0.1, -0.05) is 6.92 Å². The van der Waals surface area contributed by atoms with E-state index in [1.165, 1.54) is 0 Å². The van der Waals surface area contributed by atoms with Gasteiger partial charge in [0.25, 0.3) is 0 Å². The van der Waals surface area contributed by atoms with Gasteiger partial charge in [-0.2, -0.15) is 0 Å². The maximum atomic E-state index is 13.5. The number of carbonyl (C=O) groups excluding carboxylic acids is 1. The summed E-state index contributed by atoms with van der Waals surface area (Å²) in [5.74, 6) is -3.49. The maximum Gasteiger partial charge on any atom is 0.235 e. The number of carbonyl (C=O) groups is 1. The molecule has 6 heteroatoms. The quantitative estimate of drug-likeness (QED) is 0.801. The molecule has 1 heterocycles. The van der Waals surface area contributed by atoms with Gasteiger partial charge in [0.05, 0.1) is 6.54 Å². The molecule has 1 N–H and O–H groups in total. The predicted octanol–water partition coefficient (Wildman–Crippen LogP) is 1.55. The zero-order valence-electron chi connectivity index (χ0n) is 9.14. The standard InChI is InChI=1S/C11H11F3N2O/c1-2-16-5-10(17)15-11(16)6-3-8(13)9(14)4-7(6)12/h3-4,11H,2,5H2,1H3,(H,15,17). The van der Waals surface area contributed by atoms with E-state index >= 15 is 0 Å². The van der Waals surface area contributed by atoms with E-state index < -0.39 is 23.6 Å². The molecule has 1 aromatic rings. The minimum Gasteiger partial charge on any atom is -0.335 e. The van der Waals surface area contributed by atoms with Gasteiger partial charge in [0.2, 0.25) is 5.91 Å². The summed E-state index contributed by atoms with van der Waals surface area (Å²) in [6.07, 6.45) is -0.734. The number of nitrogens with zero attached hydrogens (tertiary/aromatic N) is 1. The van der Waals surface area contributed by atoms with Crippen molar-refractivity contribution < 1.29 is 18.0 Å². The number of benzene rings is 1. The molecule has 3 nitrogen and oxygen atoms in total. The van der Waals surface area contributed by atoms with E-state index in [2.05, 4.69) is 5.32 Å². The topological polar surface area (TPSA) is 32.3 Å². The van der Waals surface area contributed by atoms with E-state index in [1.54, 1.807) is 11.8 Å². The van der Waals surface area contributed by atoms with Gasteiger partial charge in [0.15, 0.2) is 11.6 Å². The van der Waals surface area contributed by atoms with Crippen molar-refractivity contribution in [2.24, 2.45) is 0 Å². The van der Waals surface area contributed by atoms with Crippen molar-refractivity contribution in [2.45, 2.75) is 13.1 Å². The highest BCUT2D eigenvalue weighted by Crippen LogP contribution is 2.26. The van der Waals surface area contributed by atoms with E-state index in [0.717, 1.165) is 6.07 Å². The summed E-state index contributed by atoms with van der Waals surface area (Å²) in [6.45, 7) is 2.42. The lowest BCUT2D eigenvalue weighted by Gasteiger charge is -2.22. The third kappa shape index (κ3) is 2.12. The van der Waals surface area contributed by atoms with E-state index in [1.807, 2.05) is 0 Å². The number of hydrogen-bond acceptors (Lipinski definition) is 2. The molecule has 2 rings (SSSR count). The minimum absolute atomic E-state index is 0.0587. The van der Waals surface area contributed by atoms with Crippen LogP contribution in [0.3, 0.4) is 0 Å². The average molecular weight is 244 g/mol. The van der Waals surface area contributed by atoms with Crippen molar-refractivity contribution in [3.8, 4) is 0 Å². The number of hydrogen-bond donors (Lipinski definition) is 1. The van der Waals surface area contributed by atoms with Crippen LogP contribution in [0, 0.1) is 17.5 Å². The molecule has 1 unspecified atom stereocenters. The lowest BCUT2D eigenvalue weighted by molar-refractivity contribution is -0.118. The van der Waals surface area contributed by atoms with Gasteiger partial charge in [-0.15, -0.1) is 0 Å². The lowest BCUT2D eigenvalue weighted by Crippen LogP contribution is -2.28. The molecule has 1 aliphatic rings. The summed E-state index contributed by atoms with van der Waals surface area (Å²) in [7, 11) is 0. The van der Waals surface area contributed by atoms with Crippen molar-refractivity contribution >= 4 is 5.91 Å². The van der Waals surface area contributed by atoms with Crippen LogP contribution in [0.25, 0.3) is 0 Å². The molecule has 1 atom stereocenters. The SMILES string of the molecule is CCN1CC(=O)NC1c1cc(F)c(F)cc1F. The highest BCUT2D eigenvalue weighted by Gasteiger charge is 2.32. The molecular formula is C11H11F3N2O. The molecule has 0 spiro atoms. The van der Waals surface area contributed by atoms with Gasteiger partial charge >= 0.3 is 0 Å². The molecular weight excluding hydrogens is 233 g/mol. The minimum atomic E-state index is -1.24. The van der Waals surface area contributed by atoms with Crippen LogP contribution in [0.5, 0.6) is 0 Å². The zero-order chi connectivity index (χ0) is 12.6. The van der Waals surface area contributed by atoms with Crippen LogP contribution < -0.4 is 5.32 Å². The van der Waals surface area contributed by atoms with Gasteiger partial charge in [-0.05, 0) is 12.6 Å². The van der Waals surface area contributed by atoms with E-state index in [0.29, 0.717) is 12.6 Å². The predicted molar refractivity (Wildman–Crippen MR) is 54.4 cm³/mol. The average Bonchev–Trinajstić information content (AvgIpc) is 2.64. The van der Waals surface area contributed by atoms with Gasteiger partial charge in [-0.25, -0.2) is 13.2 Å². The van der Waals surface area contributed by atoms with Gasteiger partial charge < -0.3 is 5.32 Å². The van der Waals surface area contributed by atoms with Gasteiger partial charge in [-0.3, -0.25) is 9.69 Å². The third-order valence-electron chi connectivity index (χ3n) is 2.75. The molecule has 1 aromatic carbocycles. The van der Waals surface area contributed by atoms with E-state index in [9.17, 15) is 18.0 Å². The van der Waals surface area contributed by atoms with Crippen molar-refractivity contribution in [3.63, 3.8) is 0 Å². The van der Waals surface area contributed by atoms with Crippen molar-refractivity contribution in [3.05, 3.63) is 35.1 Å². The summed E-state index contributed by atoms with van der Waals surface area (Å²) < 4.78 is 39.4. The Bertz CT molecular complexity index is 464. The third-order valence-corrected chi connectivity index (χ3v) is 2.75. The summed E-state index contributed by atoms with van der Waals surface area (Å²) in [6, 6.07) is 1.27. The molecule has 1 saturated heterocycles. The summed E-state index contributed by atoms with van der Waals surface area (Å²) >= 11 is 0. The van der Waals surface area contributed by atoms with Crippen LogP contribution in [-0.2, 0) is 4.79 Å². The Morgan fingerprint density at radius 3 is 2.59 bits per heavy atom. The van der Waals surface area contributed by atoms with Crippen molar-refractivity contribution in [1.82, 2.24) is 10.2 Å². The largest absolute Gasteiger partial charge is 0.335 e. The molecule has 0 aromatic heterocycles. The first-order chi connectivity index (χ1) is 8.02. The molecule has 1 fully saturated rings. The Morgan fingerprint density at radius 2 is 1.94 bits per heavy atom. The van der Waals surface area contributed by atoms with Crippen LogP contribution in [0.4, 0.5) is 13.2 Å². The Morgan fingerprint density at radius 1 is 1.29 bits per heavy atom. The number of nitrogens with one attached hydrogen (secondary N) is 1. The molecule has 92 valence electrons. The Labute approximate surface area is 96.2 Å². The van der Waals surface area contributed by atoms with Crippen LogP contribution in [0.1, 0.15) is 18.7 Å². The van der Waals surface area contributed by atoms with Crippen molar-refractivity contribution in [2.75, 3.05) is 13.1 Å².